The Morgan fingerprint density at radius 1 is 1.25 bits per heavy atom. The zero-order chi connectivity index (χ0) is 11.5. The lowest BCUT2D eigenvalue weighted by molar-refractivity contribution is 0.356. The molecule has 0 radical (unpaired) electrons. The van der Waals surface area contributed by atoms with Crippen LogP contribution >= 0.6 is 11.8 Å². The third kappa shape index (κ3) is 1.95. The number of aromatic nitrogens is 2. The van der Waals surface area contributed by atoms with E-state index in [2.05, 4.69) is 9.97 Å². The molecule has 5 heteroatoms. The number of hydrogen-bond acceptors (Lipinski definition) is 4. The first kappa shape index (κ1) is 11.1. The Bertz CT molecular complexity index is 455. The van der Waals surface area contributed by atoms with E-state index in [1.165, 1.54) is 0 Å². The molecule has 0 saturated heterocycles. The summed E-state index contributed by atoms with van der Waals surface area (Å²) < 4.78 is 10.5. The zero-order valence-electron chi connectivity index (χ0n) is 9.53. The second kappa shape index (κ2) is 4.65. The zero-order valence-corrected chi connectivity index (χ0v) is 10.4. The van der Waals surface area contributed by atoms with Crippen LogP contribution in [-0.4, -0.2) is 30.4 Å². The molecule has 0 amide bonds. The topological polar surface area (TPSA) is 47.1 Å². The van der Waals surface area contributed by atoms with Crippen LogP contribution in [0, 0.1) is 0 Å². The van der Waals surface area contributed by atoms with Crippen molar-refractivity contribution in [3.8, 4) is 11.5 Å². The van der Waals surface area contributed by atoms with Crippen LogP contribution in [0.15, 0.2) is 12.1 Å². The molecule has 0 bridgehead atoms. The highest BCUT2D eigenvalue weighted by molar-refractivity contribution is 7.97. The second-order valence-corrected chi connectivity index (χ2v) is 4.21. The van der Waals surface area contributed by atoms with Crippen LogP contribution < -0.4 is 9.47 Å². The highest BCUT2D eigenvalue weighted by Gasteiger charge is 2.09. The summed E-state index contributed by atoms with van der Waals surface area (Å²) >= 11 is 1.73. The number of thioether (sulfide) groups is 1. The number of hydrogen-bond donors (Lipinski definition) is 1. The molecular formula is C11H14N2O2S. The molecule has 2 rings (SSSR count). The number of aromatic amines is 1. The van der Waals surface area contributed by atoms with Gasteiger partial charge in [0.15, 0.2) is 11.5 Å². The van der Waals surface area contributed by atoms with E-state index in [0.29, 0.717) is 11.5 Å². The lowest BCUT2D eigenvalue weighted by atomic mass is 10.3. The van der Waals surface area contributed by atoms with E-state index in [0.717, 1.165) is 22.6 Å². The van der Waals surface area contributed by atoms with Crippen molar-refractivity contribution in [2.24, 2.45) is 0 Å². The van der Waals surface area contributed by atoms with Crippen molar-refractivity contribution >= 4 is 22.8 Å². The minimum atomic E-state index is 0.706. The Kier molecular flexibility index (Phi) is 3.24. The van der Waals surface area contributed by atoms with Crippen molar-refractivity contribution in [1.29, 1.82) is 0 Å². The molecule has 0 unspecified atom stereocenters. The standard InChI is InChI=1S/C11H14N2O2S/c1-14-9-4-7-8(5-10(9)15-2)13-11(12-7)6-16-3/h4-5H,6H2,1-3H3,(H,12,13). The number of imidazole rings is 1. The minimum Gasteiger partial charge on any atom is -0.493 e. The van der Waals surface area contributed by atoms with Gasteiger partial charge >= 0.3 is 0 Å². The first-order valence-electron chi connectivity index (χ1n) is 4.88. The smallest absolute Gasteiger partial charge is 0.163 e. The van der Waals surface area contributed by atoms with Crippen molar-refractivity contribution < 1.29 is 9.47 Å². The van der Waals surface area contributed by atoms with Gasteiger partial charge in [0, 0.05) is 12.1 Å². The van der Waals surface area contributed by atoms with Crippen molar-refractivity contribution in [3.05, 3.63) is 18.0 Å². The van der Waals surface area contributed by atoms with Crippen LogP contribution in [0.1, 0.15) is 5.82 Å². The molecule has 2 aromatic rings. The van der Waals surface area contributed by atoms with Gasteiger partial charge in [0.05, 0.1) is 31.0 Å². The van der Waals surface area contributed by atoms with Gasteiger partial charge < -0.3 is 14.5 Å². The van der Waals surface area contributed by atoms with Crippen molar-refractivity contribution in [2.45, 2.75) is 5.75 Å². The summed E-state index contributed by atoms with van der Waals surface area (Å²) in [5.41, 5.74) is 1.88. The molecule has 0 saturated carbocycles. The first-order chi connectivity index (χ1) is 7.78. The molecule has 0 spiro atoms. The van der Waals surface area contributed by atoms with E-state index in [4.69, 9.17) is 9.47 Å². The third-order valence-electron chi connectivity index (χ3n) is 2.32. The molecule has 4 nitrogen and oxygen atoms in total. The van der Waals surface area contributed by atoms with Gasteiger partial charge in [0.2, 0.25) is 0 Å². The quantitative estimate of drug-likeness (QED) is 0.888. The van der Waals surface area contributed by atoms with Crippen LogP contribution in [0.25, 0.3) is 11.0 Å². The summed E-state index contributed by atoms with van der Waals surface area (Å²) in [4.78, 5) is 7.73. The molecule has 0 aliphatic rings. The predicted octanol–water partition coefficient (Wildman–Crippen LogP) is 2.44. The highest BCUT2D eigenvalue weighted by Crippen LogP contribution is 2.31. The van der Waals surface area contributed by atoms with Crippen LogP contribution in [-0.2, 0) is 5.75 Å². The van der Waals surface area contributed by atoms with Crippen LogP contribution in [0.3, 0.4) is 0 Å². The summed E-state index contributed by atoms with van der Waals surface area (Å²) in [5, 5.41) is 0. The maximum Gasteiger partial charge on any atom is 0.163 e. The SMILES string of the molecule is COc1cc2nc(CSC)[nH]c2cc1OC. The first-order valence-corrected chi connectivity index (χ1v) is 6.27. The van der Waals surface area contributed by atoms with Gasteiger partial charge in [-0.05, 0) is 6.26 Å². The second-order valence-electron chi connectivity index (χ2n) is 3.34. The fourth-order valence-corrected chi connectivity index (χ4v) is 2.00. The Morgan fingerprint density at radius 2 is 1.94 bits per heavy atom. The molecule has 86 valence electrons. The summed E-state index contributed by atoms with van der Waals surface area (Å²) in [7, 11) is 3.25. The average Bonchev–Trinajstić information content (AvgIpc) is 2.68. The summed E-state index contributed by atoms with van der Waals surface area (Å²) in [6.07, 6.45) is 2.05. The summed E-state index contributed by atoms with van der Waals surface area (Å²) in [5.74, 6) is 3.27. The molecule has 0 fully saturated rings. The fraction of sp³-hybridized carbons (Fsp3) is 0.364. The number of benzene rings is 1. The maximum absolute atomic E-state index is 5.24. The lowest BCUT2D eigenvalue weighted by Crippen LogP contribution is -1.89. The van der Waals surface area contributed by atoms with Crippen molar-refractivity contribution in [3.63, 3.8) is 0 Å². The van der Waals surface area contributed by atoms with Crippen LogP contribution in [0.4, 0.5) is 0 Å². The van der Waals surface area contributed by atoms with Gasteiger partial charge in [-0.1, -0.05) is 0 Å². The molecule has 1 aromatic carbocycles. The number of rotatable bonds is 4. The Balaban J connectivity index is 2.51. The summed E-state index contributed by atoms with van der Waals surface area (Å²) in [6, 6.07) is 3.79. The van der Waals surface area contributed by atoms with Gasteiger partial charge in [-0.2, -0.15) is 11.8 Å². The number of methoxy groups -OCH3 is 2. The minimum absolute atomic E-state index is 0.706. The Morgan fingerprint density at radius 3 is 2.56 bits per heavy atom. The molecular weight excluding hydrogens is 224 g/mol. The maximum atomic E-state index is 5.24. The molecule has 0 aliphatic heterocycles. The highest BCUT2D eigenvalue weighted by atomic mass is 32.2. The van der Waals surface area contributed by atoms with E-state index < -0.39 is 0 Å². The normalized spacial score (nSPS) is 10.7. The molecule has 1 N–H and O–H groups in total. The summed E-state index contributed by atoms with van der Waals surface area (Å²) in [6.45, 7) is 0. The number of ether oxygens (including phenoxy) is 2. The van der Waals surface area contributed by atoms with Crippen molar-refractivity contribution in [1.82, 2.24) is 9.97 Å². The molecule has 0 atom stereocenters. The molecule has 0 aliphatic carbocycles. The van der Waals surface area contributed by atoms with E-state index in [1.54, 1.807) is 26.0 Å². The van der Waals surface area contributed by atoms with Gasteiger partial charge in [-0.3, -0.25) is 0 Å². The lowest BCUT2D eigenvalue weighted by Gasteiger charge is -2.06. The Hall–Kier alpha value is -1.36. The van der Waals surface area contributed by atoms with Gasteiger partial charge in [0.25, 0.3) is 0 Å². The van der Waals surface area contributed by atoms with E-state index in [9.17, 15) is 0 Å². The number of nitrogens with zero attached hydrogens (tertiary/aromatic N) is 1. The average molecular weight is 238 g/mol. The van der Waals surface area contributed by atoms with E-state index in [-0.39, 0.29) is 0 Å². The fourth-order valence-electron chi connectivity index (χ4n) is 1.59. The van der Waals surface area contributed by atoms with Crippen molar-refractivity contribution in [2.75, 3.05) is 20.5 Å². The van der Waals surface area contributed by atoms with Gasteiger partial charge in [-0.15, -0.1) is 0 Å². The number of nitrogens with one attached hydrogen (secondary N) is 1. The van der Waals surface area contributed by atoms with Crippen LogP contribution in [0.5, 0.6) is 11.5 Å². The molecule has 1 aromatic heterocycles. The Labute approximate surface area is 98.4 Å². The van der Waals surface area contributed by atoms with Gasteiger partial charge in [-0.25, -0.2) is 4.98 Å². The number of fused-ring (bicyclic) bond motifs is 1. The monoisotopic (exact) mass is 238 g/mol. The predicted molar refractivity (Wildman–Crippen MR) is 66.4 cm³/mol. The van der Waals surface area contributed by atoms with Crippen LogP contribution in [0.2, 0.25) is 0 Å². The van der Waals surface area contributed by atoms with E-state index in [1.807, 2.05) is 18.4 Å². The largest absolute Gasteiger partial charge is 0.493 e. The van der Waals surface area contributed by atoms with E-state index >= 15 is 0 Å². The molecule has 1 heterocycles. The molecule has 16 heavy (non-hydrogen) atoms. The van der Waals surface area contributed by atoms with Gasteiger partial charge in [0.1, 0.15) is 5.82 Å². The number of H-pyrrole nitrogens is 1. The third-order valence-corrected chi connectivity index (χ3v) is 2.88.